The van der Waals surface area contributed by atoms with Crippen molar-refractivity contribution in [3.8, 4) is 0 Å². The Kier molecular flexibility index (Phi) is 4.53. The molecule has 0 saturated heterocycles. The first-order chi connectivity index (χ1) is 11.2. The van der Waals surface area contributed by atoms with Crippen LogP contribution < -0.4 is 11.1 Å². The number of amides is 1. The van der Waals surface area contributed by atoms with Gasteiger partial charge in [-0.3, -0.25) is 4.79 Å². The van der Waals surface area contributed by atoms with E-state index in [-0.39, 0.29) is 5.91 Å². The van der Waals surface area contributed by atoms with E-state index in [1.165, 1.54) is 0 Å². The number of benzene rings is 1. The molecule has 0 atom stereocenters. The van der Waals surface area contributed by atoms with E-state index in [0.29, 0.717) is 18.3 Å². The molecule has 3 aromatic rings. The number of nitrogens with zero attached hydrogens (tertiary/aromatic N) is 1. The van der Waals surface area contributed by atoms with Crippen molar-refractivity contribution in [2.45, 2.75) is 32.7 Å². The third kappa shape index (κ3) is 3.17. The minimum Gasteiger partial charge on any atom is -0.354 e. The predicted octanol–water partition coefficient (Wildman–Crippen LogP) is 3.40. The lowest BCUT2D eigenvalue weighted by molar-refractivity contribution is -0.118. The van der Waals surface area contributed by atoms with Gasteiger partial charge in [-0.2, -0.15) is 0 Å². The van der Waals surface area contributed by atoms with Crippen LogP contribution >= 0.6 is 0 Å². The molecule has 0 saturated carbocycles. The van der Waals surface area contributed by atoms with Gasteiger partial charge in [0.15, 0.2) is 0 Å². The van der Waals surface area contributed by atoms with E-state index in [1.807, 2.05) is 36.4 Å². The second-order valence-electron chi connectivity index (χ2n) is 5.70. The molecular weight excluding hydrogens is 286 g/mol. The van der Waals surface area contributed by atoms with Gasteiger partial charge in [0.05, 0.1) is 10.9 Å². The van der Waals surface area contributed by atoms with Crippen LogP contribution in [0.1, 0.15) is 31.7 Å². The molecule has 4 heteroatoms. The fourth-order valence-corrected chi connectivity index (χ4v) is 2.82. The van der Waals surface area contributed by atoms with Gasteiger partial charge >= 0.3 is 0 Å². The van der Waals surface area contributed by atoms with Crippen molar-refractivity contribution < 1.29 is 4.79 Å². The number of para-hydroxylation sites is 1. The first kappa shape index (κ1) is 15.4. The van der Waals surface area contributed by atoms with Crippen LogP contribution in [0.15, 0.2) is 47.5 Å². The Morgan fingerprint density at radius 3 is 2.74 bits per heavy atom. The van der Waals surface area contributed by atoms with Crippen molar-refractivity contribution in [1.82, 2.24) is 4.98 Å². The largest absolute Gasteiger partial charge is 0.354 e. The number of carbonyl (C=O) groups is 1. The van der Waals surface area contributed by atoms with Gasteiger partial charge in [0.1, 0.15) is 0 Å². The number of nitrogens with one attached hydrogen (secondary N) is 1. The standard InChI is InChI=1S/C19H21N3O/c1-2-3-10-18(23)21-14-7-5-8-15-16-9-4-6-13(12-20)19(16)22-17(15)11-14/h4-9,11,22H,2-3,10,12,20H2,1H3. The van der Waals surface area contributed by atoms with Crippen molar-refractivity contribution in [2.24, 2.45) is 10.7 Å². The number of H-pyrrole nitrogens is 1. The third-order valence-corrected chi connectivity index (χ3v) is 4.03. The van der Waals surface area contributed by atoms with Crippen LogP contribution in [-0.2, 0) is 11.3 Å². The number of hydrogen-bond acceptors (Lipinski definition) is 2. The maximum absolute atomic E-state index is 11.9. The Morgan fingerprint density at radius 1 is 1.17 bits per heavy atom. The Balaban J connectivity index is 2.16. The lowest BCUT2D eigenvalue weighted by atomic mass is 10.1. The van der Waals surface area contributed by atoms with Crippen molar-refractivity contribution in [2.75, 3.05) is 0 Å². The monoisotopic (exact) mass is 307 g/mol. The molecule has 0 aliphatic rings. The maximum atomic E-state index is 11.9. The van der Waals surface area contributed by atoms with Crippen LogP contribution in [0.4, 0.5) is 0 Å². The molecule has 1 heterocycles. The quantitative estimate of drug-likeness (QED) is 0.775. The van der Waals surface area contributed by atoms with E-state index in [1.54, 1.807) is 0 Å². The minimum absolute atomic E-state index is 0.0649. The van der Waals surface area contributed by atoms with Gasteiger partial charge in [0, 0.05) is 29.3 Å². The van der Waals surface area contributed by atoms with Crippen LogP contribution in [0.2, 0.25) is 0 Å². The summed E-state index contributed by atoms with van der Waals surface area (Å²) in [4.78, 5) is 19.5. The molecule has 3 rings (SSSR count). The molecule has 3 N–H and O–H groups in total. The van der Waals surface area contributed by atoms with Gasteiger partial charge in [-0.15, -0.1) is 0 Å². The van der Waals surface area contributed by atoms with E-state index >= 15 is 0 Å². The topological polar surface area (TPSA) is 71.2 Å². The van der Waals surface area contributed by atoms with Gasteiger partial charge in [-0.05, 0) is 24.1 Å². The number of aromatic amines is 1. The summed E-state index contributed by atoms with van der Waals surface area (Å²) >= 11 is 0. The Labute approximate surface area is 135 Å². The van der Waals surface area contributed by atoms with E-state index in [0.717, 1.165) is 40.2 Å². The molecule has 4 nitrogen and oxygen atoms in total. The zero-order valence-electron chi connectivity index (χ0n) is 13.3. The lowest BCUT2D eigenvalue weighted by Crippen LogP contribution is -2.03. The highest BCUT2D eigenvalue weighted by Gasteiger charge is 2.06. The summed E-state index contributed by atoms with van der Waals surface area (Å²) in [7, 11) is 0. The highest BCUT2D eigenvalue weighted by Crippen LogP contribution is 2.26. The summed E-state index contributed by atoms with van der Waals surface area (Å²) in [5, 5.41) is 2.93. The van der Waals surface area contributed by atoms with Gasteiger partial charge in [-0.1, -0.05) is 43.7 Å². The average Bonchev–Trinajstić information content (AvgIpc) is 2.78. The van der Waals surface area contributed by atoms with Crippen LogP contribution in [0.5, 0.6) is 0 Å². The summed E-state index contributed by atoms with van der Waals surface area (Å²) in [5.41, 5.74) is 8.92. The molecule has 0 aliphatic heterocycles. The summed E-state index contributed by atoms with van der Waals surface area (Å²) in [6.07, 6.45) is 2.38. The van der Waals surface area contributed by atoms with E-state index in [4.69, 9.17) is 5.73 Å². The maximum Gasteiger partial charge on any atom is 0.246 e. The number of rotatable bonds is 4. The SMILES string of the molecule is CCCCC(=O)N=c1cccc2c(c1)[nH]c1c(CN)cccc12. The minimum atomic E-state index is -0.0649. The van der Waals surface area contributed by atoms with E-state index in [9.17, 15) is 4.79 Å². The highest BCUT2D eigenvalue weighted by atomic mass is 16.1. The molecule has 0 spiro atoms. The van der Waals surface area contributed by atoms with Crippen LogP contribution in [0, 0.1) is 0 Å². The van der Waals surface area contributed by atoms with Crippen molar-refractivity contribution in [3.05, 3.63) is 53.4 Å². The molecule has 118 valence electrons. The normalized spacial score (nSPS) is 12.2. The molecule has 2 aromatic carbocycles. The Morgan fingerprint density at radius 2 is 1.96 bits per heavy atom. The fraction of sp³-hybridized carbons (Fsp3) is 0.263. The summed E-state index contributed by atoms with van der Waals surface area (Å²) in [6, 6.07) is 13.9. The number of nitrogens with two attached hydrogens (primary N) is 1. The van der Waals surface area contributed by atoms with E-state index < -0.39 is 0 Å². The van der Waals surface area contributed by atoms with Gasteiger partial charge in [-0.25, -0.2) is 4.99 Å². The van der Waals surface area contributed by atoms with Crippen molar-refractivity contribution in [3.63, 3.8) is 0 Å². The Bertz CT molecular complexity index is 925. The molecule has 0 fully saturated rings. The van der Waals surface area contributed by atoms with Crippen molar-refractivity contribution >= 4 is 27.7 Å². The average molecular weight is 307 g/mol. The molecule has 0 radical (unpaired) electrons. The summed E-state index contributed by atoms with van der Waals surface area (Å²) < 4.78 is 0. The molecule has 0 unspecified atom stereocenters. The zero-order valence-corrected chi connectivity index (χ0v) is 13.3. The second kappa shape index (κ2) is 6.75. The molecule has 0 bridgehead atoms. The number of unbranched alkanes of at least 4 members (excludes halogenated alkanes) is 1. The van der Waals surface area contributed by atoms with Crippen molar-refractivity contribution in [1.29, 1.82) is 0 Å². The number of hydrogen-bond donors (Lipinski definition) is 2. The smallest absolute Gasteiger partial charge is 0.246 e. The first-order valence-corrected chi connectivity index (χ1v) is 8.04. The summed E-state index contributed by atoms with van der Waals surface area (Å²) in [5.74, 6) is -0.0649. The fourth-order valence-electron chi connectivity index (χ4n) is 2.82. The summed E-state index contributed by atoms with van der Waals surface area (Å²) in [6.45, 7) is 2.56. The second-order valence-corrected chi connectivity index (χ2v) is 5.70. The molecule has 1 amide bonds. The molecule has 1 aromatic heterocycles. The number of carbonyl (C=O) groups excluding carboxylic acids is 1. The Hall–Kier alpha value is -2.46. The van der Waals surface area contributed by atoms with Crippen LogP contribution in [0.3, 0.4) is 0 Å². The third-order valence-electron chi connectivity index (χ3n) is 4.03. The predicted molar refractivity (Wildman–Crippen MR) is 93.8 cm³/mol. The molecule has 23 heavy (non-hydrogen) atoms. The highest BCUT2D eigenvalue weighted by molar-refractivity contribution is 6.07. The molecule has 0 aliphatic carbocycles. The van der Waals surface area contributed by atoms with Gasteiger partial charge < -0.3 is 10.7 Å². The first-order valence-electron chi connectivity index (χ1n) is 8.04. The van der Waals surface area contributed by atoms with E-state index in [2.05, 4.69) is 23.0 Å². The lowest BCUT2D eigenvalue weighted by Gasteiger charge is -1.97. The number of aromatic nitrogens is 1. The van der Waals surface area contributed by atoms with Gasteiger partial charge in [0.25, 0.3) is 0 Å². The van der Waals surface area contributed by atoms with Crippen LogP contribution in [-0.4, -0.2) is 10.9 Å². The molecular formula is C19H21N3O. The zero-order chi connectivity index (χ0) is 16.2. The van der Waals surface area contributed by atoms with Gasteiger partial charge in [0.2, 0.25) is 5.91 Å². The van der Waals surface area contributed by atoms with Crippen LogP contribution in [0.25, 0.3) is 21.8 Å². The number of fused-ring (bicyclic) bond motifs is 3.